The molecule has 0 spiro atoms. The van der Waals surface area contributed by atoms with Gasteiger partial charge in [-0.25, -0.2) is 9.18 Å². The summed E-state index contributed by atoms with van der Waals surface area (Å²) in [4.78, 5) is 11.3. The van der Waals surface area contributed by atoms with Crippen molar-refractivity contribution < 1.29 is 14.3 Å². The molecule has 0 aliphatic heterocycles. The topological polar surface area (TPSA) is 37.3 Å². The van der Waals surface area contributed by atoms with Crippen molar-refractivity contribution in [1.29, 1.82) is 0 Å². The summed E-state index contributed by atoms with van der Waals surface area (Å²) in [5, 5.41) is 10.8. The molecule has 0 saturated carbocycles. The summed E-state index contributed by atoms with van der Waals surface area (Å²) in [7, 11) is 0. The molecule has 0 aliphatic rings. The molecule has 0 atom stereocenters. The molecule has 1 N–H and O–H groups in total. The molecule has 2 nitrogen and oxygen atoms in total. The summed E-state index contributed by atoms with van der Waals surface area (Å²) in [5.74, 6) is -1.94. The highest BCUT2D eigenvalue weighted by atomic mass is 32.2. The smallest absolute Gasteiger partial charge is 0.339 e. The molecule has 2 rings (SSSR count). The molecular formula is C11H7FO2S2. The van der Waals surface area contributed by atoms with Crippen LogP contribution in [0.4, 0.5) is 4.39 Å². The number of carboxylic acid groups (broad SMARTS) is 1. The van der Waals surface area contributed by atoms with E-state index in [-0.39, 0.29) is 5.56 Å². The number of aromatic carboxylic acids is 1. The fourth-order valence-corrected chi connectivity index (χ4v) is 3.10. The van der Waals surface area contributed by atoms with E-state index >= 15 is 0 Å². The van der Waals surface area contributed by atoms with Crippen LogP contribution in [0.3, 0.4) is 0 Å². The number of thiophene rings is 1. The molecule has 16 heavy (non-hydrogen) atoms. The quantitative estimate of drug-likeness (QED) is 0.906. The number of rotatable bonds is 3. The first kappa shape index (κ1) is 11.2. The Labute approximate surface area is 99.7 Å². The summed E-state index contributed by atoms with van der Waals surface area (Å²) >= 11 is 2.75. The fraction of sp³-hybridized carbons (Fsp3) is 0. The lowest BCUT2D eigenvalue weighted by Gasteiger charge is -2.04. The van der Waals surface area contributed by atoms with Gasteiger partial charge in [-0.1, -0.05) is 23.9 Å². The minimum atomic E-state index is -1.24. The van der Waals surface area contributed by atoms with E-state index in [1.165, 1.54) is 29.2 Å². The number of carboxylic acids is 1. The molecule has 1 aromatic carbocycles. The second-order valence-electron chi connectivity index (χ2n) is 2.95. The Bertz CT molecular complexity index is 509. The predicted octanol–water partition coefficient (Wildman–Crippen LogP) is 3.74. The van der Waals surface area contributed by atoms with Crippen molar-refractivity contribution in [3.63, 3.8) is 0 Å². The van der Waals surface area contributed by atoms with Crippen LogP contribution in [0.2, 0.25) is 0 Å². The molecule has 0 unspecified atom stereocenters. The molecular weight excluding hydrogens is 247 g/mol. The second-order valence-corrected chi connectivity index (χ2v) is 5.24. The molecule has 0 amide bonds. The van der Waals surface area contributed by atoms with E-state index in [2.05, 4.69) is 0 Å². The summed E-state index contributed by atoms with van der Waals surface area (Å²) in [6.07, 6.45) is 0. The van der Waals surface area contributed by atoms with Gasteiger partial charge in [0, 0.05) is 4.90 Å². The van der Waals surface area contributed by atoms with Gasteiger partial charge >= 0.3 is 5.97 Å². The van der Waals surface area contributed by atoms with Gasteiger partial charge in [-0.15, -0.1) is 11.3 Å². The Morgan fingerprint density at radius 3 is 2.75 bits per heavy atom. The Kier molecular flexibility index (Phi) is 3.26. The average Bonchev–Trinajstić information content (AvgIpc) is 2.70. The molecule has 0 fully saturated rings. The number of halogens is 1. The van der Waals surface area contributed by atoms with Crippen LogP contribution < -0.4 is 0 Å². The Balaban J connectivity index is 2.40. The van der Waals surface area contributed by atoms with Crippen LogP contribution in [0.15, 0.2) is 44.8 Å². The summed E-state index contributed by atoms with van der Waals surface area (Å²) in [6, 6.07) is 8.01. The molecule has 82 valence electrons. The van der Waals surface area contributed by atoms with Crippen LogP contribution in [0, 0.1) is 5.82 Å². The highest BCUT2D eigenvalue weighted by Crippen LogP contribution is 2.34. The number of hydrogen-bond acceptors (Lipinski definition) is 3. The third kappa shape index (κ3) is 2.25. The zero-order valence-electron chi connectivity index (χ0n) is 8.01. The largest absolute Gasteiger partial charge is 0.478 e. The van der Waals surface area contributed by atoms with Gasteiger partial charge in [0.25, 0.3) is 0 Å². The second kappa shape index (κ2) is 4.67. The van der Waals surface area contributed by atoms with Gasteiger partial charge in [0.05, 0.1) is 4.21 Å². The van der Waals surface area contributed by atoms with E-state index in [9.17, 15) is 9.18 Å². The van der Waals surface area contributed by atoms with Crippen molar-refractivity contribution in [1.82, 2.24) is 0 Å². The Morgan fingerprint density at radius 2 is 2.12 bits per heavy atom. The van der Waals surface area contributed by atoms with Gasteiger partial charge in [-0.05, 0) is 23.6 Å². The van der Waals surface area contributed by atoms with Crippen molar-refractivity contribution in [3.05, 3.63) is 47.1 Å². The maximum Gasteiger partial charge on any atom is 0.339 e. The van der Waals surface area contributed by atoms with Crippen molar-refractivity contribution in [3.8, 4) is 0 Å². The standard InChI is InChI=1S/C11H7FO2S2/c12-7-3-1-4-8(10(7)11(13)14)16-9-5-2-6-15-9/h1-6H,(H,13,14). The first-order valence-corrected chi connectivity index (χ1v) is 6.11. The van der Waals surface area contributed by atoms with Crippen molar-refractivity contribution >= 4 is 29.1 Å². The molecule has 1 aromatic heterocycles. The van der Waals surface area contributed by atoms with E-state index in [0.29, 0.717) is 4.90 Å². The fourth-order valence-electron chi connectivity index (χ4n) is 1.23. The van der Waals surface area contributed by atoms with Crippen LogP contribution in [-0.2, 0) is 0 Å². The minimum Gasteiger partial charge on any atom is -0.478 e. The van der Waals surface area contributed by atoms with Gasteiger partial charge in [-0.2, -0.15) is 0 Å². The minimum absolute atomic E-state index is 0.263. The number of carbonyl (C=O) groups is 1. The first-order chi connectivity index (χ1) is 7.68. The van der Waals surface area contributed by atoms with Crippen molar-refractivity contribution in [2.75, 3.05) is 0 Å². The molecule has 5 heteroatoms. The zero-order chi connectivity index (χ0) is 11.5. The monoisotopic (exact) mass is 254 g/mol. The van der Waals surface area contributed by atoms with Gasteiger partial charge in [-0.3, -0.25) is 0 Å². The summed E-state index contributed by atoms with van der Waals surface area (Å²) in [5.41, 5.74) is -0.263. The summed E-state index contributed by atoms with van der Waals surface area (Å²) < 4.78 is 14.3. The molecule has 2 aromatic rings. The lowest BCUT2D eigenvalue weighted by Crippen LogP contribution is -2.02. The highest BCUT2D eigenvalue weighted by molar-refractivity contribution is 8.01. The van der Waals surface area contributed by atoms with E-state index in [1.807, 2.05) is 17.5 Å². The number of hydrogen-bond donors (Lipinski definition) is 1. The van der Waals surface area contributed by atoms with Gasteiger partial charge in [0.1, 0.15) is 11.4 Å². The van der Waals surface area contributed by atoms with Crippen LogP contribution in [0.5, 0.6) is 0 Å². The molecule has 0 radical (unpaired) electrons. The van der Waals surface area contributed by atoms with E-state index in [1.54, 1.807) is 6.07 Å². The Hall–Kier alpha value is -1.33. The molecule has 0 saturated heterocycles. The van der Waals surface area contributed by atoms with Gasteiger partial charge < -0.3 is 5.11 Å². The molecule has 0 aliphatic carbocycles. The van der Waals surface area contributed by atoms with E-state index in [4.69, 9.17) is 5.11 Å². The predicted molar refractivity (Wildman–Crippen MR) is 61.8 cm³/mol. The zero-order valence-corrected chi connectivity index (χ0v) is 9.65. The van der Waals surface area contributed by atoms with Crippen LogP contribution in [0.1, 0.15) is 10.4 Å². The third-order valence-corrected chi connectivity index (χ3v) is 3.99. The average molecular weight is 254 g/mol. The maximum absolute atomic E-state index is 13.3. The van der Waals surface area contributed by atoms with Crippen LogP contribution in [-0.4, -0.2) is 11.1 Å². The van der Waals surface area contributed by atoms with Crippen molar-refractivity contribution in [2.24, 2.45) is 0 Å². The normalized spacial score (nSPS) is 10.3. The maximum atomic E-state index is 13.3. The first-order valence-electron chi connectivity index (χ1n) is 4.41. The molecule has 1 heterocycles. The molecule has 0 bridgehead atoms. The van der Waals surface area contributed by atoms with E-state index in [0.717, 1.165) is 10.3 Å². The SMILES string of the molecule is O=C(O)c1c(F)cccc1Sc1cccs1. The van der Waals surface area contributed by atoms with E-state index < -0.39 is 11.8 Å². The lowest BCUT2D eigenvalue weighted by molar-refractivity contribution is 0.0688. The van der Waals surface area contributed by atoms with Gasteiger partial charge in [0.15, 0.2) is 0 Å². The van der Waals surface area contributed by atoms with Crippen LogP contribution in [0.25, 0.3) is 0 Å². The Morgan fingerprint density at radius 1 is 1.31 bits per heavy atom. The van der Waals surface area contributed by atoms with Gasteiger partial charge in [0.2, 0.25) is 0 Å². The lowest BCUT2D eigenvalue weighted by atomic mass is 10.2. The number of benzene rings is 1. The summed E-state index contributed by atoms with van der Waals surface area (Å²) in [6.45, 7) is 0. The third-order valence-electron chi connectivity index (χ3n) is 1.89. The van der Waals surface area contributed by atoms with Crippen LogP contribution >= 0.6 is 23.1 Å². The van der Waals surface area contributed by atoms with Crippen molar-refractivity contribution in [2.45, 2.75) is 9.10 Å². The highest BCUT2D eigenvalue weighted by Gasteiger charge is 2.16.